The molecule has 0 aliphatic rings. The predicted molar refractivity (Wildman–Crippen MR) is 99.9 cm³/mol. The summed E-state index contributed by atoms with van der Waals surface area (Å²) in [6.07, 6.45) is -4.43. The van der Waals surface area contributed by atoms with Crippen molar-refractivity contribution >= 4 is 45.7 Å². The fourth-order valence-electron chi connectivity index (χ4n) is 2.15. The molecule has 0 saturated carbocycles. The van der Waals surface area contributed by atoms with Crippen molar-refractivity contribution < 1.29 is 13.2 Å². The molecular formula is C17H10ClF3IN3. The van der Waals surface area contributed by atoms with E-state index in [9.17, 15) is 13.2 Å². The van der Waals surface area contributed by atoms with Crippen LogP contribution in [0.4, 0.5) is 24.7 Å². The molecule has 1 heterocycles. The zero-order valence-electron chi connectivity index (χ0n) is 12.5. The molecule has 0 aliphatic carbocycles. The Morgan fingerprint density at radius 1 is 0.960 bits per heavy atom. The third-order valence-electron chi connectivity index (χ3n) is 3.28. The van der Waals surface area contributed by atoms with Gasteiger partial charge in [-0.05, 0) is 46.9 Å². The van der Waals surface area contributed by atoms with Crippen LogP contribution in [-0.2, 0) is 6.18 Å². The van der Waals surface area contributed by atoms with Crippen molar-refractivity contribution in [3.8, 4) is 11.4 Å². The Morgan fingerprint density at radius 3 is 2.44 bits per heavy atom. The van der Waals surface area contributed by atoms with E-state index in [0.717, 1.165) is 21.4 Å². The van der Waals surface area contributed by atoms with E-state index in [1.807, 2.05) is 24.3 Å². The molecule has 8 heteroatoms. The van der Waals surface area contributed by atoms with Crippen molar-refractivity contribution in [2.45, 2.75) is 6.18 Å². The molecule has 0 unspecified atom stereocenters. The molecule has 128 valence electrons. The number of benzene rings is 2. The number of nitrogens with one attached hydrogen (secondary N) is 1. The maximum atomic E-state index is 12.9. The second-order valence-corrected chi connectivity index (χ2v) is 6.63. The lowest BCUT2D eigenvalue weighted by Gasteiger charge is -2.11. The fourth-order valence-corrected chi connectivity index (χ4v) is 2.85. The van der Waals surface area contributed by atoms with E-state index in [1.54, 1.807) is 0 Å². The van der Waals surface area contributed by atoms with Gasteiger partial charge in [0.25, 0.3) is 0 Å². The number of nitrogens with zero attached hydrogens (tertiary/aromatic N) is 2. The van der Waals surface area contributed by atoms with Gasteiger partial charge in [0.1, 0.15) is 11.0 Å². The van der Waals surface area contributed by atoms with E-state index in [4.69, 9.17) is 11.6 Å². The minimum Gasteiger partial charge on any atom is -0.339 e. The molecule has 3 rings (SSSR count). The average molecular weight is 476 g/mol. The monoisotopic (exact) mass is 475 g/mol. The van der Waals surface area contributed by atoms with E-state index in [0.29, 0.717) is 5.82 Å². The van der Waals surface area contributed by atoms with Crippen molar-refractivity contribution in [3.63, 3.8) is 0 Å². The molecule has 1 aromatic heterocycles. The lowest BCUT2D eigenvalue weighted by Crippen LogP contribution is -2.05. The molecule has 0 radical (unpaired) electrons. The van der Waals surface area contributed by atoms with Crippen molar-refractivity contribution in [1.82, 2.24) is 9.97 Å². The second-order valence-electron chi connectivity index (χ2n) is 5.08. The molecule has 0 amide bonds. The van der Waals surface area contributed by atoms with Crippen LogP contribution in [0.25, 0.3) is 11.4 Å². The number of hydrogen-bond acceptors (Lipinski definition) is 3. The quantitative estimate of drug-likeness (QED) is 0.364. The number of alkyl halides is 3. The van der Waals surface area contributed by atoms with Crippen LogP contribution in [0.2, 0.25) is 5.15 Å². The molecular weight excluding hydrogens is 466 g/mol. The van der Waals surface area contributed by atoms with Crippen LogP contribution in [0.15, 0.2) is 54.6 Å². The molecule has 0 saturated heterocycles. The van der Waals surface area contributed by atoms with Gasteiger partial charge in [-0.1, -0.05) is 35.9 Å². The third kappa shape index (κ3) is 4.40. The molecule has 3 aromatic rings. The van der Waals surface area contributed by atoms with Crippen molar-refractivity contribution in [2.24, 2.45) is 0 Å². The Bertz CT molecular complexity index is 916. The SMILES string of the molecule is FC(F)(F)c1cccc(-c2nc(Cl)cc(Nc3ccccc3I)n2)c1. The van der Waals surface area contributed by atoms with Gasteiger partial charge in [0.05, 0.1) is 11.3 Å². The maximum Gasteiger partial charge on any atom is 0.416 e. The van der Waals surface area contributed by atoms with Gasteiger partial charge < -0.3 is 5.32 Å². The van der Waals surface area contributed by atoms with Gasteiger partial charge in [-0.3, -0.25) is 0 Å². The third-order valence-corrected chi connectivity index (χ3v) is 4.41. The van der Waals surface area contributed by atoms with Crippen LogP contribution >= 0.6 is 34.2 Å². The highest BCUT2D eigenvalue weighted by Gasteiger charge is 2.30. The van der Waals surface area contributed by atoms with Crippen molar-refractivity contribution in [1.29, 1.82) is 0 Å². The van der Waals surface area contributed by atoms with Gasteiger partial charge in [0, 0.05) is 15.2 Å². The molecule has 1 N–H and O–H groups in total. The van der Waals surface area contributed by atoms with Crippen LogP contribution in [0.3, 0.4) is 0 Å². The summed E-state index contributed by atoms with van der Waals surface area (Å²) in [5.41, 5.74) is 0.289. The summed E-state index contributed by atoms with van der Waals surface area (Å²) < 4.78 is 39.7. The van der Waals surface area contributed by atoms with Crippen molar-refractivity contribution in [3.05, 3.63) is 68.9 Å². The summed E-state index contributed by atoms with van der Waals surface area (Å²) in [5.74, 6) is 0.517. The van der Waals surface area contributed by atoms with E-state index < -0.39 is 11.7 Å². The largest absolute Gasteiger partial charge is 0.416 e. The minimum atomic E-state index is -4.43. The minimum absolute atomic E-state index is 0.118. The molecule has 0 atom stereocenters. The molecule has 2 aromatic carbocycles. The number of para-hydroxylation sites is 1. The van der Waals surface area contributed by atoms with E-state index >= 15 is 0 Å². The normalized spacial score (nSPS) is 11.4. The first-order valence-electron chi connectivity index (χ1n) is 7.07. The van der Waals surface area contributed by atoms with Gasteiger partial charge in [-0.2, -0.15) is 13.2 Å². The summed E-state index contributed by atoms with van der Waals surface area (Å²) in [5, 5.41) is 3.24. The van der Waals surface area contributed by atoms with E-state index in [-0.39, 0.29) is 16.5 Å². The Labute approximate surface area is 160 Å². The van der Waals surface area contributed by atoms with Gasteiger partial charge in [0.15, 0.2) is 5.82 Å². The molecule has 3 nitrogen and oxygen atoms in total. The molecule has 0 spiro atoms. The predicted octanol–water partition coefficient (Wildman–Crippen LogP) is 6.16. The molecule has 25 heavy (non-hydrogen) atoms. The summed E-state index contributed by atoms with van der Waals surface area (Å²) in [7, 11) is 0. The second kappa shape index (κ2) is 7.17. The zero-order valence-corrected chi connectivity index (χ0v) is 15.4. The molecule has 0 fully saturated rings. The van der Waals surface area contributed by atoms with Crippen LogP contribution in [0, 0.1) is 3.57 Å². The lowest BCUT2D eigenvalue weighted by atomic mass is 10.1. The average Bonchev–Trinajstić information content (AvgIpc) is 2.56. The Kier molecular flexibility index (Phi) is 5.14. The first-order chi connectivity index (χ1) is 11.8. The fraction of sp³-hybridized carbons (Fsp3) is 0.0588. The van der Waals surface area contributed by atoms with Gasteiger partial charge in [-0.25, -0.2) is 9.97 Å². The highest BCUT2D eigenvalue weighted by atomic mass is 127. The van der Waals surface area contributed by atoms with Gasteiger partial charge >= 0.3 is 6.18 Å². The van der Waals surface area contributed by atoms with Crippen LogP contribution in [0.1, 0.15) is 5.56 Å². The lowest BCUT2D eigenvalue weighted by molar-refractivity contribution is -0.137. The first-order valence-corrected chi connectivity index (χ1v) is 8.52. The molecule has 0 aliphatic heterocycles. The number of halogens is 5. The zero-order chi connectivity index (χ0) is 18.0. The topological polar surface area (TPSA) is 37.8 Å². The highest BCUT2D eigenvalue weighted by molar-refractivity contribution is 14.1. The summed E-state index contributed by atoms with van der Waals surface area (Å²) in [4.78, 5) is 8.32. The summed E-state index contributed by atoms with van der Waals surface area (Å²) in [6, 6.07) is 13.9. The number of hydrogen-bond donors (Lipinski definition) is 1. The first kappa shape index (κ1) is 17.9. The number of aromatic nitrogens is 2. The van der Waals surface area contributed by atoms with Gasteiger partial charge in [0.2, 0.25) is 0 Å². The van der Waals surface area contributed by atoms with Crippen LogP contribution in [-0.4, -0.2) is 9.97 Å². The number of rotatable bonds is 3. The summed E-state index contributed by atoms with van der Waals surface area (Å²) >= 11 is 8.19. The van der Waals surface area contributed by atoms with Crippen molar-refractivity contribution in [2.75, 3.05) is 5.32 Å². The van der Waals surface area contributed by atoms with Crippen LogP contribution in [0.5, 0.6) is 0 Å². The Morgan fingerprint density at radius 2 is 1.72 bits per heavy atom. The van der Waals surface area contributed by atoms with Gasteiger partial charge in [-0.15, -0.1) is 0 Å². The molecule has 0 bridgehead atoms. The standard InChI is InChI=1S/C17H10ClF3IN3/c18-14-9-15(23-13-7-2-1-6-12(13)22)25-16(24-14)10-4-3-5-11(8-10)17(19,20)21/h1-9H,(H,23,24,25). The smallest absolute Gasteiger partial charge is 0.339 e. The number of anilines is 2. The highest BCUT2D eigenvalue weighted by Crippen LogP contribution is 2.32. The van der Waals surface area contributed by atoms with E-state index in [1.165, 1.54) is 18.2 Å². The Hall–Kier alpha value is -1.87. The van der Waals surface area contributed by atoms with E-state index in [2.05, 4.69) is 37.9 Å². The van der Waals surface area contributed by atoms with Crippen LogP contribution < -0.4 is 5.32 Å². The summed E-state index contributed by atoms with van der Waals surface area (Å²) in [6.45, 7) is 0. The maximum absolute atomic E-state index is 12.9. The Balaban J connectivity index is 1.99.